The van der Waals surface area contributed by atoms with E-state index in [1.165, 1.54) is 0 Å². The van der Waals surface area contributed by atoms with E-state index in [9.17, 15) is 9.59 Å². The van der Waals surface area contributed by atoms with Crippen molar-refractivity contribution in [2.45, 2.75) is 27.7 Å². The van der Waals surface area contributed by atoms with Gasteiger partial charge in [0.25, 0.3) is 11.5 Å². The quantitative estimate of drug-likeness (QED) is 0.559. The van der Waals surface area contributed by atoms with Crippen molar-refractivity contribution in [1.29, 1.82) is 0 Å². The molecule has 2 heterocycles. The van der Waals surface area contributed by atoms with Crippen LogP contribution >= 0.6 is 0 Å². The van der Waals surface area contributed by atoms with Crippen LogP contribution in [0, 0.1) is 27.7 Å². The fraction of sp³-hybridized carbons (Fsp3) is 0.167. The van der Waals surface area contributed by atoms with Gasteiger partial charge in [-0.2, -0.15) is 0 Å². The number of rotatable bonds is 3. The summed E-state index contributed by atoms with van der Waals surface area (Å²) in [5, 5.41) is 3.42. The number of benzene rings is 2. The third-order valence-electron chi connectivity index (χ3n) is 5.30. The van der Waals surface area contributed by atoms with Gasteiger partial charge in [-0.05, 0) is 86.8 Å². The number of amides is 1. The van der Waals surface area contributed by atoms with Crippen LogP contribution in [0.1, 0.15) is 32.9 Å². The number of anilines is 1. The maximum atomic E-state index is 13.0. The Kier molecular flexibility index (Phi) is 4.91. The summed E-state index contributed by atoms with van der Waals surface area (Å²) in [6.45, 7) is 7.68. The summed E-state index contributed by atoms with van der Waals surface area (Å²) >= 11 is 0. The molecule has 1 amide bonds. The van der Waals surface area contributed by atoms with Gasteiger partial charge in [0, 0.05) is 17.4 Å². The number of pyridine rings is 1. The van der Waals surface area contributed by atoms with Gasteiger partial charge in [0.1, 0.15) is 5.82 Å². The van der Waals surface area contributed by atoms with Crippen molar-refractivity contribution in [3.05, 3.63) is 93.2 Å². The van der Waals surface area contributed by atoms with Crippen molar-refractivity contribution in [3.63, 3.8) is 0 Å². The molecule has 4 rings (SSSR count). The van der Waals surface area contributed by atoms with Crippen LogP contribution < -0.4 is 10.9 Å². The molecule has 2 aromatic heterocycles. The lowest BCUT2D eigenvalue weighted by molar-refractivity contribution is 0.102. The molecule has 0 spiro atoms. The minimum Gasteiger partial charge on any atom is -0.322 e. The van der Waals surface area contributed by atoms with Crippen molar-refractivity contribution in [3.8, 4) is 5.69 Å². The summed E-state index contributed by atoms with van der Waals surface area (Å²) in [5.41, 5.74) is 5.33. The smallest absolute Gasteiger partial charge is 0.267 e. The molecule has 0 fully saturated rings. The lowest BCUT2D eigenvalue weighted by Gasteiger charge is -2.14. The summed E-state index contributed by atoms with van der Waals surface area (Å²) in [5.74, 6) is 0.387. The van der Waals surface area contributed by atoms with Gasteiger partial charge in [-0.15, -0.1) is 0 Å². The van der Waals surface area contributed by atoms with Gasteiger partial charge >= 0.3 is 0 Å². The number of aromatic nitrogens is 3. The zero-order valence-corrected chi connectivity index (χ0v) is 17.4. The van der Waals surface area contributed by atoms with Gasteiger partial charge in [0.15, 0.2) is 5.65 Å². The molecule has 30 heavy (non-hydrogen) atoms. The van der Waals surface area contributed by atoms with Crippen molar-refractivity contribution in [2.24, 2.45) is 0 Å². The number of nitrogens with zero attached hydrogens (tertiary/aromatic N) is 3. The summed E-state index contributed by atoms with van der Waals surface area (Å²) in [7, 11) is 0. The van der Waals surface area contributed by atoms with Gasteiger partial charge < -0.3 is 5.32 Å². The minimum absolute atomic E-state index is 0.166. The van der Waals surface area contributed by atoms with Crippen molar-refractivity contribution in [2.75, 3.05) is 5.32 Å². The number of aryl methyl sites for hydroxylation is 4. The molecule has 0 unspecified atom stereocenters. The Hall–Kier alpha value is -3.80. The maximum absolute atomic E-state index is 13.0. The molecule has 6 nitrogen and oxygen atoms in total. The SMILES string of the molecule is Cc1ccc(C(=O)Nc2ccc(-n3c(C)nc4ncccc4c3=O)cc2C)cc1C. The molecular formula is C24H22N4O2. The highest BCUT2D eigenvalue weighted by Crippen LogP contribution is 2.21. The van der Waals surface area contributed by atoms with Gasteiger partial charge in [-0.3, -0.25) is 14.2 Å². The zero-order valence-electron chi connectivity index (χ0n) is 17.4. The normalized spacial score (nSPS) is 10.9. The molecule has 0 atom stereocenters. The Morgan fingerprint density at radius 3 is 2.47 bits per heavy atom. The van der Waals surface area contributed by atoms with E-state index in [0.717, 1.165) is 16.7 Å². The topological polar surface area (TPSA) is 76.9 Å². The van der Waals surface area contributed by atoms with E-state index in [1.54, 1.807) is 35.9 Å². The molecule has 6 heteroatoms. The first-order chi connectivity index (χ1) is 14.3. The lowest BCUT2D eigenvalue weighted by atomic mass is 10.1. The largest absolute Gasteiger partial charge is 0.322 e. The number of hydrogen-bond acceptors (Lipinski definition) is 4. The van der Waals surface area contributed by atoms with Crippen molar-refractivity contribution in [1.82, 2.24) is 14.5 Å². The number of carbonyl (C=O) groups excluding carboxylic acids is 1. The summed E-state index contributed by atoms with van der Waals surface area (Å²) in [6, 6.07) is 14.6. The Morgan fingerprint density at radius 1 is 0.933 bits per heavy atom. The van der Waals surface area contributed by atoms with Crippen LogP contribution in [-0.4, -0.2) is 20.4 Å². The molecule has 0 aliphatic heterocycles. The average Bonchev–Trinajstić information content (AvgIpc) is 2.72. The second kappa shape index (κ2) is 7.55. The molecule has 150 valence electrons. The van der Waals surface area contributed by atoms with E-state index in [0.29, 0.717) is 33.8 Å². The maximum Gasteiger partial charge on any atom is 0.267 e. The van der Waals surface area contributed by atoms with Crippen LogP contribution in [-0.2, 0) is 0 Å². The first-order valence-electron chi connectivity index (χ1n) is 9.69. The predicted molar refractivity (Wildman–Crippen MR) is 118 cm³/mol. The highest BCUT2D eigenvalue weighted by atomic mass is 16.1. The molecule has 0 radical (unpaired) electrons. The van der Waals surface area contributed by atoms with E-state index >= 15 is 0 Å². The summed E-state index contributed by atoms with van der Waals surface area (Å²) in [6.07, 6.45) is 1.62. The highest BCUT2D eigenvalue weighted by Gasteiger charge is 2.13. The number of hydrogen-bond donors (Lipinski definition) is 1. The molecule has 4 aromatic rings. The van der Waals surface area contributed by atoms with Crippen LogP contribution in [0.15, 0.2) is 59.5 Å². The molecule has 2 aromatic carbocycles. The van der Waals surface area contributed by atoms with Gasteiger partial charge in [-0.25, -0.2) is 9.97 Å². The van der Waals surface area contributed by atoms with E-state index in [4.69, 9.17) is 0 Å². The lowest BCUT2D eigenvalue weighted by Crippen LogP contribution is -2.23. The molecule has 0 saturated heterocycles. The first-order valence-corrected chi connectivity index (χ1v) is 9.69. The number of nitrogens with one attached hydrogen (secondary N) is 1. The standard InChI is InChI=1S/C24H22N4O2/c1-14-7-8-18(12-15(14)2)23(29)27-21-10-9-19(13-16(21)3)28-17(4)26-22-20(24(28)30)6-5-11-25-22/h5-13H,1-4H3,(H,27,29). The molecule has 1 N–H and O–H groups in total. The van der Waals surface area contributed by atoms with E-state index < -0.39 is 0 Å². The third kappa shape index (κ3) is 3.48. The number of fused-ring (bicyclic) bond motifs is 1. The second-order valence-corrected chi connectivity index (χ2v) is 7.43. The van der Waals surface area contributed by atoms with E-state index in [2.05, 4.69) is 15.3 Å². The fourth-order valence-electron chi connectivity index (χ4n) is 3.43. The molecule has 0 aliphatic carbocycles. The van der Waals surface area contributed by atoms with E-state index in [-0.39, 0.29) is 11.5 Å². The van der Waals surface area contributed by atoms with Gasteiger partial charge in [0.2, 0.25) is 0 Å². The van der Waals surface area contributed by atoms with Crippen molar-refractivity contribution < 1.29 is 4.79 Å². The third-order valence-corrected chi connectivity index (χ3v) is 5.30. The van der Waals surface area contributed by atoms with E-state index in [1.807, 2.05) is 51.1 Å². The van der Waals surface area contributed by atoms with Gasteiger partial charge in [-0.1, -0.05) is 6.07 Å². The second-order valence-electron chi connectivity index (χ2n) is 7.43. The number of carbonyl (C=O) groups is 1. The van der Waals surface area contributed by atoms with Crippen LogP contribution in [0.5, 0.6) is 0 Å². The average molecular weight is 398 g/mol. The molecule has 0 bridgehead atoms. The Labute approximate surface area is 174 Å². The first kappa shape index (κ1) is 19.5. The Morgan fingerprint density at radius 2 is 1.73 bits per heavy atom. The predicted octanol–water partition coefficient (Wildman–Crippen LogP) is 4.27. The Balaban J connectivity index is 1.69. The highest BCUT2D eigenvalue weighted by molar-refractivity contribution is 6.04. The monoisotopic (exact) mass is 398 g/mol. The summed E-state index contributed by atoms with van der Waals surface area (Å²) < 4.78 is 1.56. The molecular weight excluding hydrogens is 376 g/mol. The summed E-state index contributed by atoms with van der Waals surface area (Å²) in [4.78, 5) is 34.3. The Bertz CT molecular complexity index is 1360. The van der Waals surface area contributed by atoms with Crippen molar-refractivity contribution >= 4 is 22.6 Å². The van der Waals surface area contributed by atoms with Gasteiger partial charge in [0.05, 0.1) is 11.1 Å². The van der Waals surface area contributed by atoms with Crippen LogP contribution in [0.2, 0.25) is 0 Å². The molecule has 0 aliphatic rings. The van der Waals surface area contributed by atoms with Crippen LogP contribution in [0.3, 0.4) is 0 Å². The van der Waals surface area contributed by atoms with Crippen LogP contribution in [0.4, 0.5) is 5.69 Å². The van der Waals surface area contributed by atoms with Crippen LogP contribution in [0.25, 0.3) is 16.7 Å². The molecule has 0 saturated carbocycles. The zero-order chi connectivity index (χ0) is 21.4. The fourth-order valence-corrected chi connectivity index (χ4v) is 3.43. The minimum atomic E-state index is -0.170.